The van der Waals surface area contributed by atoms with Gasteiger partial charge in [-0.25, -0.2) is 0 Å². The van der Waals surface area contributed by atoms with Crippen LogP contribution < -0.4 is 9.75 Å². The summed E-state index contributed by atoms with van der Waals surface area (Å²) in [6, 6.07) is 27.8. The second-order valence-corrected chi connectivity index (χ2v) is 8.55. The van der Waals surface area contributed by atoms with E-state index in [0.717, 1.165) is 29.1 Å². The molecule has 3 heteroatoms. The molecule has 0 bridgehead atoms. The van der Waals surface area contributed by atoms with Crippen LogP contribution >= 0.6 is 0 Å². The van der Waals surface area contributed by atoms with Gasteiger partial charge in [0.1, 0.15) is 5.75 Å². The van der Waals surface area contributed by atoms with E-state index in [0.29, 0.717) is 0 Å². The maximum atomic E-state index is 5.30. The van der Waals surface area contributed by atoms with Crippen molar-refractivity contribution in [2.45, 2.75) is 38.6 Å². The van der Waals surface area contributed by atoms with Crippen molar-refractivity contribution in [1.29, 1.82) is 0 Å². The van der Waals surface area contributed by atoms with Gasteiger partial charge in [0, 0.05) is 6.42 Å². The van der Waals surface area contributed by atoms with Crippen molar-refractivity contribution in [3.63, 3.8) is 0 Å². The molecule has 148 valence electrons. The number of hydrogen-bond acceptors (Lipinski definition) is 3. The zero-order chi connectivity index (χ0) is 20.4. The zero-order valence-electron chi connectivity index (χ0n) is 17.6. The number of anilines is 1. The van der Waals surface area contributed by atoms with Gasteiger partial charge < -0.3 is 4.74 Å². The van der Waals surface area contributed by atoms with Gasteiger partial charge in [-0.05, 0) is 58.5 Å². The zero-order valence-corrected chi connectivity index (χ0v) is 17.6. The van der Waals surface area contributed by atoms with Crippen LogP contribution in [0.5, 0.6) is 5.75 Å². The molecule has 0 fully saturated rings. The van der Waals surface area contributed by atoms with E-state index in [1.54, 1.807) is 7.11 Å². The van der Waals surface area contributed by atoms with Crippen LogP contribution in [0.2, 0.25) is 0 Å². The van der Waals surface area contributed by atoms with Gasteiger partial charge in [-0.15, -0.1) is 0 Å². The largest absolute Gasteiger partial charge is 0.497 e. The van der Waals surface area contributed by atoms with E-state index in [9.17, 15) is 0 Å². The van der Waals surface area contributed by atoms with Crippen LogP contribution in [0.1, 0.15) is 49.9 Å². The number of rotatable bonds is 4. The Morgan fingerprint density at radius 3 is 2.10 bits per heavy atom. The molecule has 3 aromatic carbocycles. The van der Waals surface area contributed by atoms with Crippen LogP contribution in [0.4, 0.5) is 5.69 Å². The van der Waals surface area contributed by atoms with E-state index in [1.807, 2.05) is 18.2 Å². The topological polar surface area (TPSA) is 24.8 Å². The summed E-state index contributed by atoms with van der Waals surface area (Å²) in [6.45, 7) is 6.75. The third-order valence-corrected chi connectivity index (χ3v) is 5.52. The highest BCUT2D eigenvalue weighted by atomic mass is 16.5. The Kier molecular flexibility index (Phi) is 5.14. The smallest absolute Gasteiger partial charge is 0.118 e. The Bertz CT molecular complexity index is 984. The third-order valence-electron chi connectivity index (χ3n) is 5.52. The first-order chi connectivity index (χ1) is 14.0. The molecule has 0 radical (unpaired) electrons. The van der Waals surface area contributed by atoms with E-state index in [-0.39, 0.29) is 11.5 Å². The average Bonchev–Trinajstić information content (AvgIpc) is 3.19. The fourth-order valence-corrected chi connectivity index (χ4v) is 3.75. The molecular formula is C26H28N2O. The lowest BCUT2D eigenvalue weighted by Crippen LogP contribution is -2.19. The van der Waals surface area contributed by atoms with Gasteiger partial charge in [0.05, 0.1) is 24.6 Å². The average molecular weight is 385 g/mol. The van der Waals surface area contributed by atoms with Crippen molar-refractivity contribution < 1.29 is 4.74 Å². The maximum absolute atomic E-state index is 5.30. The molecule has 3 nitrogen and oxygen atoms in total. The van der Waals surface area contributed by atoms with Crippen molar-refractivity contribution in [2.75, 3.05) is 12.1 Å². The quantitative estimate of drug-likeness (QED) is 0.524. The van der Waals surface area contributed by atoms with Crippen molar-refractivity contribution >= 4 is 11.4 Å². The van der Waals surface area contributed by atoms with Gasteiger partial charge in [-0.1, -0.05) is 63.2 Å². The molecule has 1 aliphatic heterocycles. The summed E-state index contributed by atoms with van der Waals surface area (Å²) in [5.41, 5.74) is 6.14. The molecule has 4 rings (SSSR count). The SMILES string of the molecule is COc1ccc(C2=NN(c3ccccc3)C(c3ccc(C(C)(C)C)cc3)C2)cc1. The lowest BCUT2D eigenvalue weighted by molar-refractivity contribution is 0.415. The number of para-hydroxylation sites is 1. The Morgan fingerprint density at radius 1 is 0.862 bits per heavy atom. The van der Waals surface area contributed by atoms with E-state index < -0.39 is 0 Å². The number of hydrazone groups is 1. The molecule has 1 atom stereocenters. The maximum Gasteiger partial charge on any atom is 0.118 e. The summed E-state index contributed by atoms with van der Waals surface area (Å²) in [4.78, 5) is 0. The van der Waals surface area contributed by atoms with Crippen LogP contribution in [0.3, 0.4) is 0 Å². The van der Waals surface area contributed by atoms with Crippen LogP contribution in [0.25, 0.3) is 0 Å². The molecular weight excluding hydrogens is 356 g/mol. The fourth-order valence-electron chi connectivity index (χ4n) is 3.75. The normalized spacial score (nSPS) is 16.6. The van der Waals surface area contributed by atoms with Gasteiger partial charge in [0.2, 0.25) is 0 Å². The van der Waals surface area contributed by atoms with Crippen LogP contribution in [-0.4, -0.2) is 12.8 Å². The molecule has 0 amide bonds. The fraction of sp³-hybridized carbons (Fsp3) is 0.269. The number of nitrogens with zero attached hydrogens (tertiary/aromatic N) is 2. The summed E-state index contributed by atoms with van der Waals surface area (Å²) in [5, 5.41) is 7.18. The Hall–Kier alpha value is -3.07. The Morgan fingerprint density at radius 2 is 1.52 bits per heavy atom. The summed E-state index contributed by atoms with van der Waals surface area (Å²) in [6.07, 6.45) is 0.871. The molecule has 1 heterocycles. The van der Waals surface area contributed by atoms with E-state index >= 15 is 0 Å². The lowest BCUT2D eigenvalue weighted by atomic mass is 9.86. The van der Waals surface area contributed by atoms with Gasteiger partial charge in [0.15, 0.2) is 0 Å². The minimum absolute atomic E-state index is 0.151. The molecule has 0 spiro atoms. The molecule has 0 aromatic heterocycles. The predicted molar refractivity (Wildman–Crippen MR) is 121 cm³/mol. The first-order valence-corrected chi connectivity index (χ1v) is 10.1. The van der Waals surface area contributed by atoms with Gasteiger partial charge in [-0.2, -0.15) is 5.10 Å². The predicted octanol–water partition coefficient (Wildman–Crippen LogP) is 6.35. The summed E-state index contributed by atoms with van der Waals surface area (Å²) in [5.74, 6) is 0.863. The molecule has 1 aliphatic rings. The second kappa shape index (κ2) is 7.75. The first-order valence-electron chi connectivity index (χ1n) is 10.1. The number of hydrogen-bond donors (Lipinski definition) is 0. The van der Waals surface area contributed by atoms with Crippen molar-refractivity contribution in [3.8, 4) is 5.75 Å². The number of methoxy groups -OCH3 is 1. The van der Waals surface area contributed by atoms with Crippen LogP contribution in [0.15, 0.2) is 84.0 Å². The number of ether oxygens (including phenoxy) is 1. The van der Waals surface area contributed by atoms with Gasteiger partial charge in [0.25, 0.3) is 0 Å². The van der Waals surface area contributed by atoms with E-state index in [1.165, 1.54) is 11.1 Å². The molecule has 0 saturated heterocycles. The highest BCUT2D eigenvalue weighted by Gasteiger charge is 2.30. The highest BCUT2D eigenvalue weighted by Crippen LogP contribution is 2.37. The minimum Gasteiger partial charge on any atom is -0.497 e. The van der Waals surface area contributed by atoms with Gasteiger partial charge >= 0.3 is 0 Å². The molecule has 0 saturated carbocycles. The van der Waals surface area contributed by atoms with Crippen molar-refractivity contribution in [1.82, 2.24) is 0 Å². The summed E-state index contributed by atoms with van der Waals surface area (Å²) < 4.78 is 5.30. The Labute approximate surface area is 173 Å². The third kappa shape index (κ3) is 4.04. The molecule has 0 aliphatic carbocycles. The van der Waals surface area contributed by atoms with E-state index in [4.69, 9.17) is 9.84 Å². The molecule has 29 heavy (non-hydrogen) atoms. The van der Waals surface area contributed by atoms with E-state index in [2.05, 4.69) is 86.4 Å². The monoisotopic (exact) mass is 384 g/mol. The molecule has 1 unspecified atom stereocenters. The van der Waals surface area contributed by atoms with Crippen molar-refractivity contribution in [2.24, 2.45) is 5.10 Å². The van der Waals surface area contributed by atoms with Gasteiger partial charge in [-0.3, -0.25) is 5.01 Å². The van der Waals surface area contributed by atoms with Crippen LogP contribution in [-0.2, 0) is 5.41 Å². The summed E-state index contributed by atoms with van der Waals surface area (Å²) >= 11 is 0. The standard InChI is InChI=1S/C26H28N2O/c1-26(2,3)21-14-10-20(11-15-21)25-18-24(19-12-16-23(29-4)17-13-19)27-28(25)22-8-6-5-7-9-22/h5-17,25H,18H2,1-4H3. The minimum atomic E-state index is 0.151. The lowest BCUT2D eigenvalue weighted by Gasteiger charge is -2.25. The van der Waals surface area contributed by atoms with Crippen LogP contribution in [0, 0.1) is 0 Å². The van der Waals surface area contributed by atoms with Crippen molar-refractivity contribution in [3.05, 3.63) is 95.6 Å². The number of benzene rings is 3. The highest BCUT2D eigenvalue weighted by molar-refractivity contribution is 6.03. The summed E-state index contributed by atoms with van der Waals surface area (Å²) in [7, 11) is 1.69. The molecule has 3 aromatic rings. The molecule has 0 N–H and O–H groups in total. The first kappa shape index (κ1) is 19.3. The second-order valence-electron chi connectivity index (χ2n) is 8.55. The Balaban J connectivity index is 1.69.